The third kappa shape index (κ3) is 6.06. The normalized spacial score (nSPS) is 18.2. The van der Waals surface area contributed by atoms with Crippen LogP contribution in [0.2, 0.25) is 0 Å². The van der Waals surface area contributed by atoms with E-state index in [1.807, 2.05) is 0 Å². The zero-order valence-electron chi connectivity index (χ0n) is 20.7. The lowest BCUT2D eigenvalue weighted by Gasteiger charge is -2.22. The van der Waals surface area contributed by atoms with Crippen LogP contribution in [0.25, 0.3) is 0 Å². The van der Waals surface area contributed by atoms with E-state index in [2.05, 4.69) is 10.3 Å². The number of cyclic esters (lactones) is 1. The SMILES string of the molecule is CC(=O)NCC1CN(c2ccc(Oc3ccc(COC4COc5nc([N+](=O)[O-])cn5C4)cc3)c(F)c2)C(=O)O1. The summed E-state index contributed by atoms with van der Waals surface area (Å²) >= 11 is 0. The van der Waals surface area contributed by atoms with Crippen LogP contribution in [0, 0.1) is 15.9 Å². The molecule has 39 heavy (non-hydrogen) atoms. The fourth-order valence-electron chi connectivity index (χ4n) is 4.09. The predicted octanol–water partition coefficient (Wildman–Crippen LogP) is 3.16. The van der Waals surface area contributed by atoms with Gasteiger partial charge in [-0.15, -0.1) is 0 Å². The summed E-state index contributed by atoms with van der Waals surface area (Å²) in [6.45, 7) is 2.57. The van der Waals surface area contributed by atoms with Gasteiger partial charge in [0.2, 0.25) is 5.91 Å². The summed E-state index contributed by atoms with van der Waals surface area (Å²) in [6, 6.07) is 11.2. The van der Waals surface area contributed by atoms with Gasteiger partial charge in [-0.3, -0.25) is 14.3 Å². The van der Waals surface area contributed by atoms with Crippen molar-refractivity contribution in [1.82, 2.24) is 14.9 Å². The first-order valence-corrected chi connectivity index (χ1v) is 12.0. The Labute approximate surface area is 221 Å². The Kier molecular flexibility index (Phi) is 7.27. The number of halogens is 1. The lowest BCUT2D eigenvalue weighted by Crippen LogP contribution is -2.33. The summed E-state index contributed by atoms with van der Waals surface area (Å²) in [6.07, 6.45) is -0.158. The number of benzene rings is 2. The van der Waals surface area contributed by atoms with Gasteiger partial charge in [-0.1, -0.05) is 12.1 Å². The lowest BCUT2D eigenvalue weighted by atomic mass is 10.2. The Morgan fingerprint density at radius 2 is 2.05 bits per heavy atom. The van der Waals surface area contributed by atoms with Crippen molar-refractivity contribution >= 4 is 23.5 Å². The van der Waals surface area contributed by atoms with Gasteiger partial charge in [-0.2, -0.15) is 0 Å². The average molecular weight is 541 g/mol. The van der Waals surface area contributed by atoms with Crippen molar-refractivity contribution in [3.05, 3.63) is 70.2 Å². The number of anilines is 1. The van der Waals surface area contributed by atoms with Crippen LogP contribution in [0.15, 0.2) is 48.7 Å². The molecule has 2 aliphatic rings. The van der Waals surface area contributed by atoms with Crippen LogP contribution in [0.1, 0.15) is 12.5 Å². The number of fused-ring (bicyclic) bond motifs is 1. The number of hydrogen-bond donors (Lipinski definition) is 1. The number of nitro groups is 1. The van der Waals surface area contributed by atoms with Gasteiger partial charge >= 0.3 is 17.9 Å². The van der Waals surface area contributed by atoms with E-state index in [1.54, 1.807) is 34.9 Å². The Morgan fingerprint density at radius 3 is 2.77 bits per heavy atom. The zero-order chi connectivity index (χ0) is 27.5. The molecule has 14 heteroatoms. The number of imidazole rings is 1. The van der Waals surface area contributed by atoms with E-state index in [4.69, 9.17) is 18.9 Å². The fraction of sp³-hybridized carbons (Fsp3) is 0.320. The van der Waals surface area contributed by atoms with Crippen molar-refractivity contribution in [2.24, 2.45) is 0 Å². The minimum absolute atomic E-state index is 0.0188. The molecule has 0 bridgehead atoms. The number of hydrogen-bond acceptors (Lipinski definition) is 9. The molecule has 2 atom stereocenters. The van der Waals surface area contributed by atoms with Crippen LogP contribution in [0.3, 0.4) is 0 Å². The van der Waals surface area contributed by atoms with Gasteiger partial charge < -0.3 is 34.4 Å². The second-order valence-corrected chi connectivity index (χ2v) is 8.95. The Balaban J connectivity index is 1.14. The van der Waals surface area contributed by atoms with Crippen molar-refractivity contribution < 1.29 is 37.9 Å². The summed E-state index contributed by atoms with van der Waals surface area (Å²) < 4.78 is 38.5. The summed E-state index contributed by atoms with van der Waals surface area (Å²) in [5, 5.41) is 13.5. The smallest absolute Gasteiger partial charge is 0.414 e. The van der Waals surface area contributed by atoms with Crippen molar-refractivity contribution in [3.8, 4) is 17.5 Å². The molecular formula is C25H24FN5O8. The molecule has 2 amide bonds. The summed E-state index contributed by atoms with van der Waals surface area (Å²) in [7, 11) is 0. The molecule has 0 spiro atoms. The number of nitrogens with one attached hydrogen (secondary N) is 1. The molecule has 1 saturated heterocycles. The Hall–Kier alpha value is -4.72. The van der Waals surface area contributed by atoms with Gasteiger partial charge in [0.25, 0.3) is 0 Å². The van der Waals surface area contributed by atoms with Crippen molar-refractivity contribution in [3.63, 3.8) is 0 Å². The van der Waals surface area contributed by atoms with E-state index in [0.717, 1.165) is 5.56 Å². The van der Waals surface area contributed by atoms with Gasteiger partial charge in [0, 0.05) is 18.0 Å². The summed E-state index contributed by atoms with van der Waals surface area (Å²) in [4.78, 5) is 38.7. The minimum Gasteiger partial charge on any atom is -0.454 e. The highest BCUT2D eigenvalue weighted by Crippen LogP contribution is 2.30. The molecule has 1 fully saturated rings. The highest BCUT2D eigenvalue weighted by molar-refractivity contribution is 5.90. The molecule has 0 saturated carbocycles. The summed E-state index contributed by atoms with van der Waals surface area (Å²) in [5.41, 5.74) is 1.15. The third-order valence-corrected chi connectivity index (χ3v) is 6.03. The highest BCUT2D eigenvalue weighted by Gasteiger charge is 2.33. The maximum atomic E-state index is 14.8. The quantitative estimate of drug-likeness (QED) is 0.319. The minimum atomic E-state index is -0.658. The number of rotatable bonds is 9. The molecule has 2 unspecified atom stereocenters. The molecule has 1 aromatic heterocycles. The molecule has 2 aromatic carbocycles. The monoisotopic (exact) mass is 541 g/mol. The first kappa shape index (κ1) is 25.9. The van der Waals surface area contributed by atoms with E-state index in [9.17, 15) is 24.1 Å². The standard InChI is InChI=1S/C25H24FN5O8/c1-15(32)27-9-19-11-30(25(33)39-19)17-4-7-22(21(26)8-17)38-18-5-2-16(3-6-18)13-36-20-10-29-12-23(31(34)35)28-24(29)37-14-20/h2-8,12,19-20H,9-11,13-14H2,1H3,(H,27,32). The van der Waals surface area contributed by atoms with Crippen molar-refractivity contribution in [1.29, 1.82) is 0 Å². The second kappa shape index (κ2) is 10.9. The van der Waals surface area contributed by atoms with E-state index < -0.39 is 22.9 Å². The number of carbonyl (C=O) groups is 2. The van der Waals surface area contributed by atoms with E-state index in [0.29, 0.717) is 18.0 Å². The molecule has 204 valence electrons. The van der Waals surface area contributed by atoms with Crippen LogP contribution in [-0.4, -0.2) is 58.4 Å². The summed E-state index contributed by atoms with van der Waals surface area (Å²) in [5.74, 6) is -0.791. The molecule has 13 nitrogen and oxygen atoms in total. The molecule has 1 N–H and O–H groups in total. The van der Waals surface area contributed by atoms with Crippen molar-refractivity contribution in [2.45, 2.75) is 32.3 Å². The maximum Gasteiger partial charge on any atom is 0.414 e. The van der Waals surface area contributed by atoms with Crippen LogP contribution in [0.5, 0.6) is 17.5 Å². The first-order valence-electron chi connectivity index (χ1n) is 12.0. The Bertz CT molecular complexity index is 1400. The molecule has 0 aliphatic carbocycles. The van der Waals surface area contributed by atoms with Crippen LogP contribution in [-0.2, 0) is 27.4 Å². The van der Waals surface area contributed by atoms with E-state index >= 15 is 0 Å². The number of ether oxygens (including phenoxy) is 4. The number of nitrogens with zero attached hydrogens (tertiary/aromatic N) is 4. The topological polar surface area (TPSA) is 147 Å². The van der Waals surface area contributed by atoms with Gasteiger partial charge in [0.05, 0.1) is 31.9 Å². The molecular weight excluding hydrogens is 517 g/mol. The molecule has 5 rings (SSSR count). The predicted molar refractivity (Wildman–Crippen MR) is 132 cm³/mol. The second-order valence-electron chi connectivity index (χ2n) is 8.95. The Morgan fingerprint density at radius 1 is 1.26 bits per heavy atom. The van der Waals surface area contributed by atoms with E-state index in [-0.39, 0.29) is 55.9 Å². The number of aromatic nitrogens is 2. The first-order chi connectivity index (χ1) is 18.7. The van der Waals surface area contributed by atoms with E-state index in [1.165, 1.54) is 30.2 Å². The van der Waals surface area contributed by atoms with Gasteiger partial charge in [0.15, 0.2) is 11.6 Å². The maximum absolute atomic E-state index is 14.8. The molecule has 2 aliphatic heterocycles. The van der Waals surface area contributed by atoms with Crippen LogP contribution < -0.4 is 19.7 Å². The molecule has 3 heterocycles. The van der Waals surface area contributed by atoms with Crippen LogP contribution in [0.4, 0.5) is 20.7 Å². The zero-order valence-corrected chi connectivity index (χ0v) is 20.7. The fourth-order valence-corrected chi connectivity index (χ4v) is 4.09. The highest BCUT2D eigenvalue weighted by atomic mass is 19.1. The van der Waals surface area contributed by atoms with Gasteiger partial charge in [0.1, 0.15) is 30.8 Å². The van der Waals surface area contributed by atoms with Crippen molar-refractivity contribution in [2.75, 3.05) is 24.6 Å². The van der Waals surface area contributed by atoms with Gasteiger partial charge in [-0.05, 0) is 34.8 Å². The lowest BCUT2D eigenvalue weighted by molar-refractivity contribution is -0.389. The molecule has 0 radical (unpaired) electrons. The van der Waals surface area contributed by atoms with Crippen LogP contribution >= 0.6 is 0 Å². The van der Waals surface area contributed by atoms with Gasteiger partial charge in [-0.25, -0.2) is 9.18 Å². The molecule has 3 aromatic rings. The largest absolute Gasteiger partial charge is 0.454 e. The number of amides is 2. The third-order valence-electron chi connectivity index (χ3n) is 6.03. The number of carbonyl (C=O) groups excluding carboxylic acids is 2. The average Bonchev–Trinajstić information content (AvgIpc) is 3.51.